The molecule has 0 saturated heterocycles. The van der Waals surface area contributed by atoms with Gasteiger partial charge in [0, 0.05) is 55.9 Å². The number of para-hydroxylation sites is 3. The lowest BCUT2D eigenvalue weighted by Crippen LogP contribution is -2.29. The molecule has 350 valence electrons. The zero-order chi connectivity index (χ0) is 49.3. The van der Waals surface area contributed by atoms with E-state index in [0.29, 0.717) is 0 Å². The van der Waals surface area contributed by atoms with E-state index in [1.807, 2.05) is 12.1 Å². The van der Waals surface area contributed by atoms with E-state index >= 15 is 0 Å². The highest BCUT2D eigenvalue weighted by Crippen LogP contribution is 2.62. The minimum absolute atomic E-state index is 0.774. The molecule has 0 radical (unpaired) electrons. The van der Waals surface area contributed by atoms with E-state index in [4.69, 9.17) is 8.83 Å². The van der Waals surface area contributed by atoms with Gasteiger partial charge < -0.3 is 18.3 Å². The number of rotatable bonds is 10. The zero-order valence-corrected chi connectivity index (χ0v) is 40.7. The SMILES string of the molecule is C=C(/C=C\C(=C/C)N(c1ccc(-c2ccc3c(ccn3-c3ccccc3)c2)cc1)c1cc2c(c3oc4ccccc4c13)-c1c(ccc3c1oc1ccccc13)C2(c1ccccc1)c1ccccc1)c1ccccc1. The third kappa shape index (κ3) is 6.62. The first-order chi connectivity index (χ1) is 36.6. The summed E-state index contributed by atoms with van der Waals surface area (Å²) in [6, 6.07) is 84.7. The van der Waals surface area contributed by atoms with Crippen LogP contribution in [-0.4, -0.2) is 4.57 Å². The van der Waals surface area contributed by atoms with E-state index in [-0.39, 0.29) is 0 Å². The number of aromatic nitrogens is 1. The number of anilines is 2. The van der Waals surface area contributed by atoms with Gasteiger partial charge in [-0.05, 0) is 118 Å². The first-order valence-corrected chi connectivity index (χ1v) is 25.3. The van der Waals surface area contributed by atoms with Crippen LogP contribution in [0.25, 0.3) is 88.3 Å². The number of allylic oxidation sites excluding steroid dienone is 4. The number of benzene rings is 10. The minimum atomic E-state index is -0.774. The Morgan fingerprint density at radius 2 is 1.11 bits per heavy atom. The van der Waals surface area contributed by atoms with Gasteiger partial charge in [0.2, 0.25) is 0 Å². The van der Waals surface area contributed by atoms with Crippen LogP contribution in [0.1, 0.15) is 34.7 Å². The van der Waals surface area contributed by atoms with E-state index < -0.39 is 5.41 Å². The molecule has 0 unspecified atom stereocenters. The van der Waals surface area contributed by atoms with Crippen molar-refractivity contribution in [2.75, 3.05) is 4.90 Å². The summed E-state index contributed by atoms with van der Waals surface area (Å²) in [5.74, 6) is 0. The van der Waals surface area contributed by atoms with Crippen LogP contribution in [0.3, 0.4) is 0 Å². The Labute approximate surface area is 429 Å². The quantitative estimate of drug-likeness (QED) is 0.128. The van der Waals surface area contributed by atoms with Crippen LogP contribution in [0.4, 0.5) is 11.4 Å². The zero-order valence-electron chi connectivity index (χ0n) is 40.7. The summed E-state index contributed by atoms with van der Waals surface area (Å²) in [4.78, 5) is 2.41. The molecule has 10 aromatic carbocycles. The normalized spacial score (nSPS) is 13.1. The summed E-state index contributed by atoms with van der Waals surface area (Å²) in [7, 11) is 0. The molecule has 0 spiro atoms. The van der Waals surface area contributed by atoms with Crippen molar-refractivity contribution in [3.63, 3.8) is 0 Å². The van der Waals surface area contributed by atoms with Crippen LogP contribution in [0, 0.1) is 0 Å². The van der Waals surface area contributed by atoms with Crippen molar-refractivity contribution in [1.82, 2.24) is 4.57 Å². The molecule has 3 aromatic heterocycles. The Morgan fingerprint density at radius 1 is 0.514 bits per heavy atom. The fraction of sp³-hybridized carbons (Fsp3) is 0.0286. The van der Waals surface area contributed by atoms with Crippen molar-refractivity contribution < 1.29 is 8.83 Å². The molecule has 74 heavy (non-hydrogen) atoms. The highest BCUT2D eigenvalue weighted by Gasteiger charge is 2.49. The molecule has 13 aromatic rings. The Morgan fingerprint density at radius 3 is 1.81 bits per heavy atom. The van der Waals surface area contributed by atoms with E-state index in [9.17, 15) is 0 Å². The number of furan rings is 2. The second kappa shape index (κ2) is 17.3. The summed E-state index contributed by atoms with van der Waals surface area (Å²) in [5.41, 5.74) is 18.8. The highest BCUT2D eigenvalue weighted by molar-refractivity contribution is 6.22. The van der Waals surface area contributed by atoms with E-state index in [1.165, 1.54) is 10.9 Å². The van der Waals surface area contributed by atoms with Crippen LogP contribution in [0.15, 0.2) is 282 Å². The van der Waals surface area contributed by atoms with Crippen LogP contribution in [-0.2, 0) is 5.41 Å². The van der Waals surface area contributed by atoms with E-state index in [1.54, 1.807) is 0 Å². The van der Waals surface area contributed by atoms with Crippen molar-refractivity contribution in [3.8, 4) is 27.9 Å². The summed E-state index contributed by atoms with van der Waals surface area (Å²) in [6.07, 6.45) is 8.68. The van der Waals surface area contributed by atoms with Gasteiger partial charge in [-0.3, -0.25) is 0 Å². The predicted octanol–water partition coefficient (Wildman–Crippen LogP) is 18.8. The second-order valence-electron chi connectivity index (χ2n) is 19.2. The maximum atomic E-state index is 7.36. The fourth-order valence-corrected chi connectivity index (χ4v) is 11.9. The molecule has 1 aliphatic carbocycles. The summed E-state index contributed by atoms with van der Waals surface area (Å²) >= 11 is 0. The van der Waals surface area contributed by atoms with Gasteiger partial charge >= 0.3 is 0 Å². The first kappa shape index (κ1) is 43.2. The van der Waals surface area contributed by atoms with Gasteiger partial charge in [0.15, 0.2) is 0 Å². The van der Waals surface area contributed by atoms with Gasteiger partial charge in [0.1, 0.15) is 22.3 Å². The van der Waals surface area contributed by atoms with Crippen molar-refractivity contribution in [1.29, 1.82) is 0 Å². The second-order valence-corrected chi connectivity index (χ2v) is 19.2. The number of hydrogen-bond acceptors (Lipinski definition) is 3. The lowest BCUT2D eigenvalue weighted by Gasteiger charge is -2.35. The maximum Gasteiger partial charge on any atom is 0.145 e. The van der Waals surface area contributed by atoms with Crippen LogP contribution in [0.5, 0.6) is 0 Å². The third-order valence-electron chi connectivity index (χ3n) is 15.2. The van der Waals surface area contributed by atoms with Gasteiger partial charge in [-0.1, -0.05) is 195 Å². The van der Waals surface area contributed by atoms with Gasteiger partial charge in [0.25, 0.3) is 0 Å². The molecule has 0 saturated carbocycles. The summed E-state index contributed by atoms with van der Waals surface area (Å²) < 4.78 is 16.7. The van der Waals surface area contributed by atoms with E-state index in [0.717, 1.165) is 122 Å². The third-order valence-corrected chi connectivity index (χ3v) is 15.2. The molecule has 0 atom stereocenters. The lowest BCUT2D eigenvalue weighted by atomic mass is 9.67. The Hall–Kier alpha value is -9.64. The molecule has 0 amide bonds. The standard InChI is InChI=1S/C70H48N2O2/c1-3-53(36-32-46(2)47-20-8-4-9-21-47)72(55-37-33-48(34-38-55)49-35-41-61-50(44-49)42-43-71(61)54-26-14-7-15-27-54)62-45-60-67(69-65(62)58-29-17-19-31-64(58)74-69)66-59(40-39-57-56-28-16-18-30-63(56)73-68(57)66)70(60,51-22-10-5-11-23-51)52-24-12-6-13-25-52/h3-45H,2H2,1H3/b36-32-,53-3+. The summed E-state index contributed by atoms with van der Waals surface area (Å²) in [6.45, 7) is 6.66. The van der Waals surface area contributed by atoms with Gasteiger partial charge in [-0.15, -0.1) is 0 Å². The molecular formula is C70H48N2O2. The maximum absolute atomic E-state index is 7.36. The van der Waals surface area contributed by atoms with Gasteiger partial charge in [-0.2, -0.15) is 0 Å². The molecule has 0 aliphatic heterocycles. The fourth-order valence-electron chi connectivity index (χ4n) is 11.9. The Balaban J connectivity index is 1.05. The highest BCUT2D eigenvalue weighted by atomic mass is 16.3. The van der Waals surface area contributed by atoms with Crippen molar-refractivity contribution in [3.05, 3.63) is 301 Å². The molecule has 0 fully saturated rings. The van der Waals surface area contributed by atoms with Crippen LogP contribution in [0.2, 0.25) is 0 Å². The van der Waals surface area contributed by atoms with E-state index in [2.05, 4.69) is 272 Å². The van der Waals surface area contributed by atoms with Crippen molar-refractivity contribution in [2.45, 2.75) is 12.3 Å². The first-order valence-electron chi connectivity index (χ1n) is 25.3. The van der Waals surface area contributed by atoms with Gasteiger partial charge in [0.05, 0.1) is 22.0 Å². The van der Waals surface area contributed by atoms with Crippen molar-refractivity contribution in [2.24, 2.45) is 0 Å². The monoisotopic (exact) mass is 948 g/mol. The van der Waals surface area contributed by atoms with Crippen molar-refractivity contribution >= 4 is 71.7 Å². The average Bonchev–Trinajstić information content (AvgIpc) is 4.26. The van der Waals surface area contributed by atoms with Crippen LogP contribution >= 0.6 is 0 Å². The number of fused-ring (bicyclic) bond motifs is 12. The smallest absolute Gasteiger partial charge is 0.145 e. The molecular weight excluding hydrogens is 901 g/mol. The predicted molar refractivity (Wildman–Crippen MR) is 308 cm³/mol. The molecule has 0 bridgehead atoms. The molecule has 0 N–H and O–H groups in total. The molecule has 1 aliphatic rings. The van der Waals surface area contributed by atoms with Crippen LogP contribution < -0.4 is 4.90 Å². The summed E-state index contributed by atoms with van der Waals surface area (Å²) in [5, 5.41) is 5.39. The largest absolute Gasteiger partial charge is 0.455 e. The number of nitrogens with zero attached hydrogens (tertiary/aromatic N) is 2. The Kier molecular flexibility index (Phi) is 10.1. The molecule has 3 heterocycles. The number of hydrogen-bond donors (Lipinski definition) is 0. The molecule has 14 rings (SSSR count). The minimum Gasteiger partial charge on any atom is -0.455 e. The van der Waals surface area contributed by atoms with Gasteiger partial charge in [-0.25, -0.2) is 0 Å². The average molecular weight is 949 g/mol. The molecule has 4 heteroatoms. The molecule has 4 nitrogen and oxygen atoms in total. The Bertz CT molecular complexity index is 4330. The lowest BCUT2D eigenvalue weighted by molar-refractivity contribution is 0.665. The topological polar surface area (TPSA) is 34.5 Å².